The molecular weight excluding hydrogens is 252 g/mol. The Balaban J connectivity index is 1.83. The number of nitrogens with zero attached hydrogens (tertiary/aromatic N) is 3. The molecule has 2 heterocycles. The summed E-state index contributed by atoms with van der Waals surface area (Å²) in [6.07, 6.45) is 3.24. The zero-order chi connectivity index (χ0) is 13.7. The zero-order valence-electron chi connectivity index (χ0n) is 10.4. The maximum absolute atomic E-state index is 11.4. The first-order valence-corrected chi connectivity index (χ1v) is 6.16. The van der Waals surface area contributed by atoms with Crippen LogP contribution in [0.3, 0.4) is 0 Å². The van der Waals surface area contributed by atoms with E-state index in [1.165, 1.54) is 10.8 Å². The third-order valence-corrected chi connectivity index (χ3v) is 3.04. The summed E-state index contributed by atoms with van der Waals surface area (Å²) in [5.74, 6) is 0.514. The molecule has 0 bridgehead atoms. The molecule has 0 amide bonds. The predicted octanol–water partition coefficient (Wildman–Crippen LogP) is -0.222. The first kappa shape index (κ1) is 13.6. The number of aromatic nitrogens is 2. The molecule has 0 aliphatic carbocycles. The van der Waals surface area contributed by atoms with Crippen LogP contribution in [0.1, 0.15) is 6.42 Å². The molecule has 1 aliphatic heterocycles. The summed E-state index contributed by atoms with van der Waals surface area (Å²) in [7, 11) is 0. The summed E-state index contributed by atoms with van der Waals surface area (Å²) in [5.41, 5.74) is -0.652. The van der Waals surface area contributed by atoms with Gasteiger partial charge in [0, 0.05) is 26.2 Å². The second-order valence-corrected chi connectivity index (χ2v) is 4.48. The summed E-state index contributed by atoms with van der Waals surface area (Å²) >= 11 is 0. The average molecular weight is 268 g/mol. The van der Waals surface area contributed by atoms with Gasteiger partial charge in [0.15, 0.2) is 0 Å². The van der Waals surface area contributed by atoms with Crippen LogP contribution >= 0.6 is 0 Å². The lowest BCUT2D eigenvalue weighted by Gasteiger charge is -2.09. The molecule has 104 valence electrons. The van der Waals surface area contributed by atoms with Crippen LogP contribution in [-0.2, 0) is 11.3 Å². The lowest BCUT2D eigenvalue weighted by atomic mass is 10.1. The molecule has 0 spiro atoms. The van der Waals surface area contributed by atoms with Gasteiger partial charge in [-0.25, -0.2) is 4.79 Å². The molecule has 1 aromatic heterocycles. The zero-order valence-corrected chi connectivity index (χ0v) is 10.4. The second-order valence-electron chi connectivity index (χ2n) is 4.48. The molecule has 8 nitrogen and oxygen atoms in total. The van der Waals surface area contributed by atoms with Crippen LogP contribution in [0.5, 0.6) is 0 Å². The van der Waals surface area contributed by atoms with Gasteiger partial charge in [0.05, 0.1) is 17.7 Å². The van der Waals surface area contributed by atoms with Crippen molar-refractivity contribution in [3.63, 3.8) is 0 Å². The highest BCUT2D eigenvalue weighted by atomic mass is 16.6. The number of ether oxygens (including phenoxy) is 1. The Kier molecular flexibility index (Phi) is 4.58. The standard InChI is InChI=1S/C11H16N4O4/c16-11-13-6-10(15(17)18)7-14(11)3-2-12-5-9-1-4-19-8-9/h6-7,9,12H,1-5,8H2. The van der Waals surface area contributed by atoms with E-state index in [-0.39, 0.29) is 5.69 Å². The van der Waals surface area contributed by atoms with E-state index in [1.54, 1.807) is 0 Å². The molecule has 0 aromatic carbocycles. The number of rotatable bonds is 6. The molecule has 19 heavy (non-hydrogen) atoms. The number of nitrogens with one attached hydrogen (secondary N) is 1. The van der Waals surface area contributed by atoms with Crippen LogP contribution in [0, 0.1) is 16.0 Å². The second kappa shape index (κ2) is 6.39. The highest BCUT2D eigenvalue weighted by Gasteiger charge is 2.14. The lowest BCUT2D eigenvalue weighted by Crippen LogP contribution is -2.31. The van der Waals surface area contributed by atoms with Gasteiger partial charge in [-0.05, 0) is 12.3 Å². The van der Waals surface area contributed by atoms with Gasteiger partial charge in [0.2, 0.25) is 0 Å². The van der Waals surface area contributed by atoms with Crippen LogP contribution in [-0.4, -0.2) is 40.8 Å². The van der Waals surface area contributed by atoms with E-state index < -0.39 is 10.6 Å². The van der Waals surface area contributed by atoms with E-state index in [0.717, 1.165) is 32.4 Å². The molecule has 1 N–H and O–H groups in total. The van der Waals surface area contributed by atoms with Crippen LogP contribution in [0.25, 0.3) is 0 Å². The third kappa shape index (κ3) is 3.83. The van der Waals surface area contributed by atoms with Crippen LogP contribution in [0.15, 0.2) is 17.2 Å². The van der Waals surface area contributed by atoms with Gasteiger partial charge in [-0.15, -0.1) is 0 Å². The fourth-order valence-electron chi connectivity index (χ4n) is 1.95. The Morgan fingerprint density at radius 2 is 2.47 bits per heavy atom. The Hall–Kier alpha value is -1.80. The summed E-state index contributed by atoms with van der Waals surface area (Å²) < 4.78 is 6.50. The van der Waals surface area contributed by atoms with E-state index in [4.69, 9.17) is 4.74 Å². The predicted molar refractivity (Wildman–Crippen MR) is 66.9 cm³/mol. The van der Waals surface area contributed by atoms with Crippen molar-refractivity contribution in [2.45, 2.75) is 13.0 Å². The number of nitro groups is 1. The first-order chi connectivity index (χ1) is 9.16. The Bertz CT molecular complexity index is 496. The van der Waals surface area contributed by atoms with Crippen molar-refractivity contribution >= 4 is 5.69 Å². The van der Waals surface area contributed by atoms with Crippen molar-refractivity contribution in [3.8, 4) is 0 Å². The van der Waals surface area contributed by atoms with E-state index in [1.807, 2.05) is 0 Å². The molecule has 8 heteroatoms. The van der Waals surface area contributed by atoms with Crippen molar-refractivity contribution in [2.75, 3.05) is 26.3 Å². The van der Waals surface area contributed by atoms with Crippen LogP contribution in [0.2, 0.25) is 0 Å². The quantitative estimate of drug-likeness (QED) is 0.435. The van der Waals surface area contributed by atoms with Gasteiger partial charge in [0.25, 0.3) is 0 Å². The molecule has 1 aliphatic rings. The van der Waals surface area contributed by atoms with E-state index >= 15 is 0 Å². The number of hydrogen-bond acceptors (Lipinski definition) is 6. The van der Waals surface area contributed by atoms with Crippen LogP contribution in [0.4, 0.5) is 5.69 Å². The van der Waals surface area contributed by atoms with Crippen LogP contribution < -0.4 is 11.0 Å². The molecule has 2 rings (SSSR count). The van der Waals surface area contributed by atoms with Gasteiger partial charge < -0.3 is 10.1 Å². The Morgan fingerprint density at radius 1 is 1.63 bits per heavy atom. The van der Waals surface area contributed by atoms with Crippen molar-refractivity contribution in [3.05, 3.63) is 33.0 Å². The van der Waals surface area contributed by atoms with E-state index in [2.05, 4.69) is 10.3 Å². The van der Waals surface area contributed by atoms with Crippen molar-refractivity contribution in [1.29, 1.82) is 0 Å². The molecule has 1 unspecified atom stereocenters. The molecular formula is C11H16N4O4. The molecule has 1 aromatic rings. The van der Waals surface area contributed by atoms with Gasteiger partial charge >= 0.3 is 11.4 Å². The average Bonchev–Trinajstić information content (AvgIpc) is 2.89. The SMILES string of the molecule is O=c1ncc([N+](=O)[O-])cn1CCNCC1CCOC1. The van der Waals surface area contributed by atoms with Crippen molar-refractivity contribution in [1.82, 2.24) is 14.9 Å². The molecule has 0 radical (unpaired) electrons. The normalized spacial score (nSPS) is 18.6. The highest BCUT2D eigenvalue weighted by molar-refractivity contribution is 5.20. The molecule has 1 fully saturated rings. The fourth-order valence-corrected chi connectivity index (χ4v) is 1.95. The Labute approximate surface area is 109 Å². The minimum atomic E-state index is -0.563. The molecule has 1 atom stereocenters. The van der Waals surface area contributed by atoms with Gasteiger partial charge in [-0.2, -0.15) is 4.98 Å². The largest absolute Gasteiger partial charge is 0.381 e. The minimum absolute atomic E-state index is 0.177. The highest BCUT2D eigenvalue weighted by Crippen LogP contribution is 2.10. The summed E-state index contributed by atoms with van der Waals surface area (Å²) in [4.78, 5) is 24.9. The summed E-state index contributed by atoms with van der Waals surface area (Å²) in [6, 6.07) is 0. The Morgan fingerprint density at radius 3 is 3.16 bits per heavy atom. The lowest BCUT2D eigenvalue weighted by molar-refractivity contribution is -0.385. The van der Waals surface area contributed by atoms with Gasteiger partial charge in [0.1, 0.15) is 6.20 Å². The van der Waals surface area contributed by atoms with E-state index in [0.29, 0.717) is 19.0 Å². The monoisotopic (exact) mass is 268 g/mol. The van der Waals surface area contributed by atoms with Crippen molar-refractivity contribution < 1.29 is 9.66 Å². The maximum Gasteiger partial charge on any atom is 0.348 e. The summed E-state index contributed by atoms with van der Waals surface area (Å²) in [5, 5.41) is 13.8. The van der Waals surface area contributed by atoms with E-state index in [9.17, 15) is 14.9 Å². The summed E-state index contributed by atoms with van der Waals surface area (Å²) in [6.45, 7) is 3.34. The molecule has 0 saturated carbocycles. The fraction of sp³-hybridized carbons (Fsp3) is 0.636. The van der Waals surface area contributed by atoms with Crippen molar-refractivity contribution in [2.24, 2.45) is 5.92 Å². The van der Waals surface area contributed by atoms with Gasteiger partial charge in [-0.3, -0.25) is 14.7 Å². The molecule has 1 saturated heterocycles. The topological polar surface area (TPSA) is 99.3 Å². The number of hydrogen-bond donors (Lipinski definition) is 1. The van der Waals surface area contributed by atoms with Gasteiger partial charge in [-0.1, -0.05) is 0 Å². The smallest absolute Gasteiger partial charge is 0.348 e. The maximum atomic E-state index is 11.4. The first-order valence-electron chi connectivity index (χ1n) is 6.16. The third-order valence-electron chi connectivity index (χ3n) is 3.04. The minimum Gasteiger partial charge on any atom is -0.381 e.